The molecule has 0 radical (unpaired) electrons. The molecule has 1 amide bonds. The summed E-state index contributed by atoms with van der Waals surface area (Å²) >= 11 is 0. The van der Waals surface area contributed by atoms with Gasteiger partial charge in [-0.1, -0.05) is 18.2 Å². The van der Waals surface area contributed by atoms with Crippen molar-refractivity contribution < 1.29 is 14.3 Å². The van der Waals surface area contributed by atoms with Gasteiger partial charge in [0.15, 0.2) is 5.17 Å². The summed E-state index contributed by atoms with van der Waals surface area (Å²) in [5.41, 5.74) is 0.384. The molecule has 1 aromatic carbocycles. The van der Waals surface area contributed by atoms with Gasteiger partial charge in [-0.3, -0.25) is 14.9 Å². The minimum Gasteiger partial charge on any atom is -0.335 e. The molecular weight excluding hydrogens is 270 g/mol. The van der Waals surface area contributed by atoms with Crippen LogP contribution < -0.4 is 5.32 Å². The fourth-order valence-electron chi connectivity index (χ4n) is 1.50. The molecule has 7 nitrogen and oxygen atoms in total. The maximum absolute atomic E-state index is 11.9. The van der Waals surface area contributed by atoms with Gasteiger partial charge in [0, 0.05) is 22.1 Å². The molecule has 0 bridgehead atoms. The number of nitrogens with one attached hydrogen (secondary N) is 1. The van der Waals surface area contributed by atoms with Crippen LogP contribution in [-0.2, 0) is 0 Å². The highest BCUT2D eigenvalue weighted by molar-refractivity contribution is 8.43. The fourth-order valence-corrected chi connectivity index (χ4v) is 2.80. The van der Waals surface area contributed by atoms with Crippen molar-refractivity contribution in [3.8, 4) is 0 Å². The van der Waals surface area contributed by atoms with Crippen molar-refractivity contribution >= 4 is 21.4 Å². The molecule has 0 aromatic heterocycles. The summed E-state index contributed by atoms with van der Waals surface area (Å²) in [6.07, 6.45) is 2.26. The molecule has 2 N–H and O–H groups in total. The molecule has 1 unspecified atom stereocenters. The molecule has 1 atom stereocenters. The number of carbonyl (C=O) groups excluding carboxylic acids is 1. The molecule has 2 rings (SSSR count). The van der Waals surface area contributed by atoms with Crippen LogP contribution in [0.5, 0.6) is 0 Å². The summed E-state index contributed by atoms with van der Waals surface area (Å²) in [6, 6.07) is 8.33. The Morgan fingerprint density at radius 1 is 1.42 bits per heavy atom. The van der Waals surface area contributed by atoms with Crippen LogP contribution in [-0.4, -0.2) is 26.8 Å². The van der Waals surface area contributed by atoms with Gasteiger partial charge in [-0.2, -0.15) is 0 Å². The van der Waals surface area contributed by atoms with Crippen LogP contribution >= 0.6 is 10.3 Å². The summed E-state index contributed by atoms with van der Waals surface area (Å²) in [4.78, 5) is 25.6. The second-order valence-electron chi connectivity index (χ2n) is 3.85. The van der Waals surface area contributed by atoms with Crippen LogP contribution in [0.4, 0.5) is 0 Å². The van der Waals surface area contributed by atoms with Crippen LogP contribution in [0.2, 0.25) is 0 Å². The summed E-state index contributed by atoms with van der Waals surface area (Å²) in [6.45, 7) is 0. The van der Waals surface area contributed by atoms with Crippen molar-refractivity contribution in [3.63, 3.8) is 0 Å². The molecule has 1 heterocycles. The molecule has 0 spiro atoms. The standard InChI is InChI=1S/C11H11N3O4S/c1-19(18)9(14(16)17)7-12-11(19)13-10(15)8-5-3-2-4-6-8/h2-7,18H,1H3,(H,12,13,15). The number of carbonyl (C=O) groups is 1. The van der Waals surface area contributed by atoms with E-state index in [0.717, 1.165) is 6.20 Å². The van der Waals surface area contributed by atoms with E-state index in [9.17, 15) is 19.5 Å². The van der Waals surface area contributed by atoms with Gasteiger partial charge in [-0.15, -0.1) is 0 Å². The maximum Gasteiger partial charge on any atom is 0.332 e. The highest BCUT2D eigenvalue weighted by Gasteiger charge is 2.41. The van der Waals surface area contributed by atoms with E-state index >= 15 is 0 Å². The highest BCUT2D eigenvalue weighted by Crippen LogP contribution is 2.52. The first kappa shape index (κ1) is 13.2. The quantitative estimate of drug-likeness (QED) is 0.636. The molecular formula is C11H11N3O4S. The Morgan fingerprint density at radius 3 is 2.58 bits per heavy atom. The fraction of sp³-hybridized carbons (Fsp3) is 0.0909. The van der Waals surface area contributed by atoms with E-state index in [1.165, 1.54) is 6.26 Å². The van der Waals surface area contributed by atoms with Gasteiger partial charge in [-0.25, -0.2) is 4.99 Å². The zero-order valence-corrected chi connectivity index (χ0v) is 10.8. The number of hydrogen-bond acceptors (Lipinski definition) is 5. The molecule has 0 aliphatic carbocycles. The number of benzene rings is 1. The van der Waals surface area contributed by atoms with E-state index < -0.39 is 26.2 Å². The number of nitrogens with zero attached hydrogens (tertiary/aromatic N) is 2. The third kappa shape index (κ3) is 2.49. The average molecular weight is 281 g/mol. The van der Waals surface area contributed by atoms with Crippen LogP contribution in [0, 0.1) is 10.1 Å². The largest absolute Gasteiger partial charge is 0.335 e. The molecule has 0 saturated carbocycles. The summed E-state index contributed by atoms with van der Waals surface area (Å²) in [7, 11) is -2.85. The van der Waals surface area contributed by atoms with E-state index in [1.54, 1.807) is 30.3 Å². The minimum atomic E-state index is -2.85. The van der Waals surface area contributed by atoms with E-state index in [-0.39, 0.29) is 5.17 Å². The van der Waals surface area contributed by atoms with E-state index in [0.29, 0.717) is 5.56 Å². The number of amides is 1. The Kier molecular flexibility index (Phi) is 3.36. The third-order valence-electron chi connectivity index (χ3n) is 2.51. The van der Waals surface area contributed by atoms with Gasteiger partial charge in [0.25, 0.3) is 5.91 Å². The first-order valence-electron chi connectivity index (χ1n) is 5.22. The Morgan fingerprint density at radius 2 is 2.05 bits per heavy atom. The lowest BCUT2D eigenvalue weighted by Gasteiger charge is -2.22. The number of hydrogen-bond donors (Lipinski definition) is 2. The van der Waals surface area contributed by atoms with Crippen molar-refractivity contribution in [2.45, 2.75) is 0 Å². The molecule has 8 heteroatoms. The number of rotatable bonds is 2. The molecule has 0 fully saturated rings. The van der Waals surface area contributed by atoms with Crippen molar-refractivity contribution in [1.82, 2.24) is 5.32 Å². The van der Waals surface area contributed by atoms with Gasteiger partial charge < -0.3 is 9.87 Å². The second kappa shape index (κ2) is 4.82. The summed E-state index contributed by atoms with van der Waals surface area (Å²) in [5, 5.41) is 12.7. The van der Waals surface area contributed by atoms with E-state index in [4.69, 9.17) is 0 Å². The Bertz CT molecular complexity index is 595. The summed E-state index contributed by atoms with van der Waals surface area (Å²) in [5.74, 6) is -0.467. The SMILES string of the molecule is CS1(O)C([N+](=O)[O-])=CN=C1NC(=O)c1ccccc1. The van der Waals surface area contributed by atoms with Crippen LogP contribution in [0.1, 0.15) is 10.4 Å². The smallest absolute Gasteiger partial charge is 0.332 e. The molecule has 0 saturated heterocycles. The second-order valence-corrected chi connectivity index (χ2v) is 6.41. The lowest BCUT2D eigenvalue weighted by atomic mass is 10.2. The summed E-state index contributed by atoms with van der Waals surface area (Å²) < 4.78 is 10.1. The monoisotopic (exact) mass is 281 g/mol. The number of amidine groups is 1. The molecule has 100 valence electrons. The van der Waals surface area contributed by atoms with Gasteiger partial charge in [0.05, 0.1) is 4.92 Å². The van der Waals surface area contributed by atoms with Gasteiger partial charge >= 0.3 is 5.03 Å². The van der Waals surface area contributed by atoms with E-state index in [2.05, 4.69) is 10.3 Å². The first-order chi connectivity index (χ1) is 8.93. The normalized spacial score (nSPS) is 24.9. The zero-order valence-electron chi connectivity index (χ0n) is 9.94. The molecule has 1 aromatic rings. The third-order valence-corrected chi connectivity index (χ3v) is 4.54. The van der Waals surface area contributed by atoms with Gasteiger partial charge in [0.1, 0.15) is 6.20 Å². The average Bonchev–Trinajstić information content (AvgIpc) is 2.66. The zero-order chi connectivity index (χ0) is 14.0. The van der Waals surface area contributed by atoms with Crippen LogP contribution in [0.3, 0.4) is 0 Å². The maximum atomic E-state index is 11.9. The van der Waals surface area contributed by atoms with Gasteiger partial charge in [-0.05, 0) is 12.1 Å². The van der Waals surface area contributed by atoms with Gasteiger partial charge in [0.2, 0.25) is 0 Å². The highest BCUT2D eigenvalue weighted by atomic mass is 32.3. The first-order valence-corrected chi connectivity index (χ1v) is 7.22. The van der Waals surface area contributed by atoms with Crippen LogP contribution in [0.15, 0.2) is 46.6 Å². The van der Waals surface area contributed by atoms with Crippen molar-refractivity contribution in [2.24, 2.45) is 4.99 Å². The lowest BCUT2D eigenvalue weighted by molar-refractivity contribution is -0.411. The molecule has 1 aliphatic heterocycles. The molecule has 19 heavy (non-hydrogen) atoms. The van der Waals surface area contributed by atoms with Crippen LogP contribution in [0.25, 0.3) is 0 Å². The Hall–Kier alpha value is -2.19. The Balaban J connectivity index is 2.15. The van der Waals surface area contributed by atoms with E-state index in [1.807, 2.05) is 0 Å². The topological polar surface area (TPSA) is 105 Å². The predicted octanol–water partition coefficient (Wildman–Crippen LogP) is 1.77. The molecule has 1 aliphatic rings. The van der Waals surface area contributed by atoms with Crippen molar-refractivity contribution in [2.75, 3.05) is 6.26 Å². The number of nitro groups is 1. The van der Waals surface area contributed by atoms with Crippen molar-refractivity contribution in [3.05, 3.63) is 57.2 Å². The predicted molar refractivity (Wildman–Crippen MR) is 72.6 cm³/mol. The van der Waals surface area contributed by atoms with Crippen molar-refractivity contribution in [1.29, 1.82) is 0 Å². The lowest BCUT2D eigenvalue weighted by Crippen LogP contribution is -2.33. The Labute approximate surface area is 110 Å². The minimum absolute atomic E-state index is 0.0759. The number of aliphatic imine (C=N–C) groups is 1.